The molecule has 1 rings (SSSR count). The number of aliphatic carboxylic acids is 1. The van der Waals surface area contributed by atoms with E-state index in [2.05, 4.69) is 0 Å². The van der Waals surface area contributed by atoms with E-state index in [0.29, 0.717) is 0 Å². The van der Waals surface area contributed by atoms with Crippen LogP contribution in [0.3, 0.4) is 0 Å². The number of rotatable bonds is 6. The number of hydrogen-bond donors (Lipinski definition) is 2. The Morgan fingerprint density at radius 1 is 1.53 bits per heavy atom. The Morgan fingerprint density at radius 2 is 2.16 bits per heavy atom. The summed E-state index contributed by atoms with van der Waals surface area (Å²) in [6.45, 7) is 1.63. The molecule has 1 aliphatic heterocycles. The van der Waals surface area contributed by atoms with Gasteiger partial charge in [-0.3, -0.25) is 4.79 Å². The van der Waals surface area contributed by atoms with E-state index < -0.39 is 22.3 Å². The largest absolute Gasteiger partial charge is 0.481 e. The van der Waals surface area contributed by atoms with Crippen LogP contribution in [-0.4, -0.2) is 78.7 Å². The van der Waals surface area contributed by atoms with Gasteiger partial charge in [-0.2, -0.15) is 17.0 Å². The Morgan fingerprint density at radius 3 is 2.68 bits per heavy atom. The van der Waals surface area contributed by atoms with Crippen LogP contribution in [0, 0.1) is 0 Å². The topological polar surface area (TPSA) is 107 Å². The third-order valence-electron chi connectivity index (χ3n) is 2.98. The second kappa shape index (κ2) is 6.62. The van der Waals surface area contributed by atoms with E-state index in [4.69, 9.17) is 14.9 Å². The van der Waals surface area contributed by atoms with E-state index in [1.165, 1.54) is 11.4 Å². The summed E-state index contributed by atoms with van der Waals surface area (Å²) in [5.41, 5.74) is 0. The van der Waals surface area contributed by atoms with Crippen LogP contribution in [0.5, 0.6) is 0 Å². The van der Waals surface area contributed by atoms with Crippen molar-refractivity contribution in [2.45, 2.75) is 25.5 Å². The van der Waals surface area contributed by atoms with Crippen molar-refractivity contribution in [1.29, 1.82) is 0 Å². The molecule has 1 heterocycles. The summed E-state index contributed by atoms with van der Waals surface area (Å²) in [6.07, 6.45) is -0.795. The van der Waals surface area contributed by atoms with Crippen molar-refractivity contribution in [3.05, 3.63) is 0 Å². The molecule has 1 fully saturated rings. The number of aliphatic hydroxyl groups excluding tert-OH is 1. The van der Waals surface area contributed by atoms with Gasteiger partial charge in [-0.25, -0.2) is 0 Å². The number of carboxylic acids is 1. The number of aliphatic hydroxyl groups is 1. The van der Waals surface area contributed by atoms with Crippen LogP contribution in [0.2, 0.25) is 0 Å². The third kappa shape index (κ3) is 4.11. The summed E-state index contributed by atoms with van der Waals surface area (Å²) < 4.78 is 32.1. The first kappa shape index (κ1) is 16.3. The highest BCUT2D eigenvalue weighted by molar-refractivity contribution is 7.86. The van der Waals surface area contributed by atoms with Crippen LogP contribution in [0.15, 0.2) is 0 Å². The van der Waals surface area contributed by atoms with E-state index in [1.807, 2.05) is 0 Å². The smallest absolute Gasteiger partial charge is 0.304 e. The summed E-state index contributed by atoms with van der Waals surface area (Å²) in [5, 5.41) is 17.6. The number of nitrogens with zero attached hydrogens (tertiary/aromatic N) is 2. The van der Waals surface area contributed by atoms with Gasteiger partial charge in [0, 0.05) is 26.2 Å². The summed E-state index contributed by atoms with van der Waals surface area (Å²) in [5.74, 6) is -1.05. The van der Waals surface area contributed by atoms with Gasteiger partial charge in [0.25, 0.3) is 10.2 Å². The zero-order valence-electron chi connectivity index (χ0n) is 11.0. The van der Waals surface area contributed by atoms with Gasteiger partial charge in [-0.1, -0.05) is 0 Å². The van der Waals surface area contributed by atoms with Crippen molar-refractivity contribution in [2.24, 2.45) is 0 Å². The molecule has 2 unspecified atom stereocenters. The molecular weight excluding hydrogens is 276 g/mol. The predicted octanol–water partition coefficient (Wildman–Crippen LogP) is -1.28. The van der Waals surface area contributed by atoms with Crippen molar-refractivity contribution in [2.75, 3.05) is 33.4 Å². The van der Waals surface area contributed by atoms with Crippen LogP contribution < -0.4 is 0 Å². The van der Waals surface area contributed by atoms with Crippen molar-refractivity contribution in [3.8, 4) is 0 Å². The van der Waals surface area contributed by atoms with E-state index in [0.717, 1.165) is 4.31 Å². The van der Waals surface area contributed by atoms with Gasteiger partial charge in [0.15, 0.2) is 0 Å². The lowest BCUT2D eigenvalue weighted by Crippen LogP contribution is -2.55. The average molecular weight is 296 g/mol. The normalized spacial score (nSPS) is 25.7. The Hall–Kier alpha value is -0.740. The quantitative estimate of drug-likeness (QED) is 0.632. The average Bonchev–Trinajstić information content (AvgIpc) is 2.36. The first-order chi connectivity index (χ1) is 8.78. The molecule has 0 radical (unpaired) electrons. The van der Waals surface area contributed by atoms with E-state index in [1.54, 1.807) is 6.92 Å². The maximum absolute atomic E-state index is 12.3. The van der Waals surface area contributed by atoms with Crippen LogP contribution in [0.4, 0.5) is 0 Å². The predicted molar refractivity (Wildman–Crippen MR) is 66.8 cm³/mol. The molecule has 9 heteroatoms. The SMILES string of the molecule is CC1COC(CO)CN1S(=O)(=O)N(C)CCC(=O)O. The summed E-state index contributed by atoms with van der Waals surface area (Å²) in [7, 11) is -2.40. The molecule has 1 saturated heterocycles. The lowest BCUT2D eigenvalue weighted by atomic mass is 10.2. The highest BCUT2D eigenvalue weighted by Crippen LogP contribution is 2.18. The lowest BCUT2D eigenvalue weighted by Gasteiger charge is -2.38. The fraction of sp³-hybridized carbons (Fsp3) is 0.900. The first-order valence-electron chi connectivity index (χ1n) is 5.96. The molecule has 0 aromatic carbocycles. The highest BCUT2D eigenvalue weighted by atomic mass is 32.2. The number of carboxylic acid groups (broad SMARTS) is 1. The molecule has 0 saturated carbocycles. The van der Waals surface area contributed by atoms with Crippen molar-refractivity contribution >= 4 is 16.2 Å². The fourth-order valence-corrected chi connectivity index (χ4v) is 3.32. The van der Waals surface area contributed by atoms with Crippen molar-refractivity contribution in [1.82, 2.24) is 8.61 Å². The Labute approximate surface area is 112 Å². The monoisotopic (exact) mass is 296 g/mol. The molecule has 112 valence electrons. The van der Waals surface area contributed by atoms with E-state index >= 15 is 0 Å². The number of ether oxygens (including phenoxy) is 1. The molecule has 8 nitrogen and oxygen atoms in total. The molecular formula is C10H20N2O6S. The maximum atomic E-state index is 12.3. The van der Waals surface area contributed by atoms with E-state index in [-0.39, 0.29) is 38.8 Å². The van der Waals surface area contributed by atoms with Gasteiger partial charge in [-0.15, -0.1) is 0 Å². The van der Waals surface area contributed by atoms with Gasteiger partial charge in [0.1, 0.15) is 0 Å². The van der Waals surface area contributed by atoms with Crippen molar-refractivity contribution in [3.63, 3.8) is 0 Å². The second-order valence-corrected chi connectivity index (χ2v) is 6.52. The molecule has 0 amide bonds. The van der Waals surface area contributed by atoms with E-state index in [9.17, 15) is 13.2 Å². The molecule has 19 heavy (non-hydrogen) atoms. The standard InChI is InChI=1S/C10H20N2O6S/c1-8-7-18-9(6-13)5-12(8)19(16,17)11(2)4-3-10(14)15/h8-9,13H,3-7H2,1-2H3,(H,14,15). The molecule has 0 bridgehead atoms. The third-order valence-corrected chi connectivity index (χ3v) is 5.05. The van der Waals surface area contributed by atoms with Crippen LogP contribution in [-0.2, 0) is 19.7 Å². The first-order valence-corrected chi connectivity index (χ1v) is 7.36. The second-order valence-electron chi connectivity index (χ2n) is 4.53. The molecule has 0 aliphatic carbocycles. The highest BCUT2D eigenvalue weighted by Gasteiger charge is 2.36. The zero-order valence-corrected chi connectivity index (χ0v) is 11.8. The summed E-state index contributed by atoms with van der Waals surface area (Å²) in [6, 6.07) is -0.347. The van der Waals surface area contributed by atoms with Gasteiger partial charge in [-0.05, 0) is 6.92 Å². The molecule has 0 spiro atoms. The summed E-state index contributed by atoms with van der Waals surface area (Å²) >= 11 is 0. The Kier molecular flexibility index (Phi) is 5.68. The maximum Gasteiger partial charge on any atom is 0.304 e. The van der Waals surface area contributed by atoms with Gasteiger partial charge in [0.05, 0.1) is 25.7 Å². The van der Waals surface area contributed by atoms with Crippen LogP contribution in [0.1, 0.15) is 13.3 Å². The number of carbonyl (C=O) groups is 1. The minimum atomic E-state index is -3.74. The van der Waals surface area contributed by atoms with Crippen LogP contribution in [0.25, 0.3) is 0 Å². The van der Waals surface area contributed by atoms with Crippen LogP contribution >= 0.6 is 0 Å². The number of hydrogen-bond acceptors (Lipinski definition) is 5. The molecule has 0 aromatic heterocycles. The lowest BCUT2D eigenvalue weighted by molar-refractivity contribution is -0.137. The molecule has 1 aliphatic rings. The zero-order chi connectivity index (χ0) is 14.6. The van der Waals surface area contributed by atoms with Gasteiger partial charge in [0.2, 0.25) is 0 Å². The molecule has 2 N–H and O–H groups in total. The fourth-order valence-electron chi connectivity index (χ4n) is 1.77. The number of morpholine rings is 1. The Balaban J connectivity index is 2.76. The van der Waals surface area contributed by atoms with Crippen molar-refractivity contribution < 1.29 is 28.2 Å². The molecule has 2 atom stereocenters. The molecule has 0 aromatic rings. The minimum Gasteiger partial charge on any atom is -0.481 e. The Bertz CT molecular complexity index is 412. The summed E-state index contributed by atoms with van der Waals surface area (Å²) in [4.78, 5) is 10.5. The van der Waals surface area contributed by atoms with Gasteiger partial charge >= 0.3 is 5.97 Å². The van der Waals surface area contributed by atoms with Gasteiger partial charge < -0.3 is 14.9 Å². The minimum absolute atomic E-state index is 0.0669.